The van der Waals surface area contributed by atoms with E-state index in [0.29, 0.717) is 37.8 Å². The zero-order valence-corrected chi connectivity index (χ0v) is 16.6. The molecule has 0 unspecified atom stereocenters. The Hall–Kier alpha value is -3.71. The van der Waals surface area contributed by atoms with E-state index in [1.165, 1.54) is 6.26 Å². The van der Waals surface area contributed by atoms with Gasteiger partial charge >= 0.3 is 0 Å². The smallest absolute Gasteiger partial charge is 0.266 e. The number of benzene rings is 1. The summed E-state index contributed by atoms with van der Waals surface area (Å²) in [6, 6.07) is 7.77. The number of hydrogen-bond acceptors (Lipinski definition) is 7. The van der Waals surface area contributed by atoms with Crippen LogP contribution in [0.4, 0.5) is 20.4 Å². The third kappa shape index (κ3) is 4.27. The molecule has 0 aliphatic carbocycles. The van der Waals surface area contributed by atoms with Gasteiger partial charge in [-0.15, -0.1) is 0 Å². The minimum Gasteiger partial charge on any atom is -0.459 e. The van der Waals surface area contributed by atoms with Crippen LogP contribution in [0.25, 0.3) is 11.7 Å². The lowest BCUT2D eigenvalue weighted by Crippen LogP contribution is -2.53. The Labute approximate surface area is 176 Å². The molecule has 1 fully saturated rings. The minimum absolute atomic E-state index is 0.159. The number of nitrogens with one attached hydrogen (secondary N) is 1. The van der Waals surface area contributed by atoms with E-state index in [-0.39, 0.29) is 17.3 Å². The normalized spacial score (nSPS) is 15.5. The van der Waals surface area contributed by atoms with Crippen LogP contribution in [-0.2, 0) is 4.79 Å². The quantitative estimate of drug-likeness (QED) is 0.667. The van der Waals surface area contributed by atoms with Gasteiger partial charge in [0.05, 0.1) is 18.0 Å². The summed E-state index contributed by atoms with van der Waals surface area (Å²) in [6.07, 6.45) is 1.49. The number of nitrogens with zero attached hydrogens (tertiary/aromatic N) is 4. The fourth-order valence-electron chi connectivity index (χ4n) is 3.41. The standard InChI is InChI=1S/C21H19F2N5O3/c1-13(19(29)25-16-11-14(22)4-5-15(16)23)27-6-8-28(9-7-27)21-17(12-24)26-20(31-21)18-3-2-10-30-18/h2-5,10-11,13H,6-9H2,1H3,(H,25,29)/t13-/m1/s1. The van der Waals surface area contributed by atoms with Gasteiger partial charge in [0.1, 0.15) is 17.7 Å². The number of anilines is 2. The van der Waals surface area contributed by atoms with Crippen molar-refractivity contribution in [3.05, 3.63) is 53.9 Å². The molecular formula is C21H19F2N5O3. The zero-order valence-electron chi connectivity index (χ0n) is 16.6. The van der Waals surface area contributed by atoms with Gasteiger partial charge in [-0.1, -0.05) is 0 Å². The molecule has 0 saturated carbocycles. The van der Waals surface area contributed by atoms with Crippen molar-refractivity contribution in [3.63, 3.8) is 0 Å². The van der Waals surface area contributed by atoms with Gasteiger partial charge in [-0.25, -0.2) is 8.78 Å². The number of hydrogen-bond donors (Lipinski definition) is 1. The summed E-state index contributed by atoms with van der Waals surface area (Å²) in [4.78, 5) is 20.5. The second-order valence-electron chi connectivity index (χ2n) is 7.07. The van der Waals surface area contributed by atoms with Crippen LogP contribution in [0.1, 0.15) is 12.6 Å². The highest BCUT2D eigenvalue weighted by Gasteiger charge is 2.29. The molecular weight excluding hydrogens is 408 g/mol. The third-order valence-corrected chi connectivity index (χ3v) is 5.16. The van der Waals surface area contributed by atoms with Crippen molar-refractivity contribution in [1.82, 2.24) is 9.88 Å². The molecule has 8 nitrogen and oxygen atoms in total. The molecule has 0 bridgehead atoms. The van der Waals surface area contributed by atoms with Crippen molar-refractivity contribution in [2.45, 2.75) is 13.0 Å². The molecule has 1 saturated heterocycles. The van der Waals surface area contributed by atoms with E-state index in [1.54, 1.807) is 19.1 Å². The average molecular weight is 427 g/mol. The van der Waals surface area contributed by atoms with E-state index >= 15 is 0 Å². The molecule has 1 aliphatic heterocycles. The van der Waals surface area contributed by atoms with Crippen molar-refractivity contribution in [3.8, 4) is 17.7 Å². The first kappa shape index (κ1) is 20.6. The van der Waals surface area contributed by atoms with Crippen LogP contribution >= 0.6 is 0 Å². The van der Waals surface area contributed by atoms with Gasteiger partial charge in [0, 0.05) is 32.2 Å². The maximum atomic E-state index is 13.8. The summed E-state index contributed by atoms with van der Waals surface area (Å²) in [5.41, 5.74) is -0.0338. The fraction of sp³-hybridized carbons (Fsp3) is 0.286. The largest absolute Gasteiger partial charge is 0.459 e. The second kappa shape index (κ2) is 8.57. The Morgan fingerprint density at radius 2 is 2.03 bits per heavy atom. The average Bonchev–Trinajstić information content (AvgIpc) is 3.45. The van der Waals surface area contributed by atoms with E-state index in [1.807, 2.05) is 15.9 Å². The SMILES string of the molecule is C[C@H](C(=O)Nc1cc(F)ccc1F)N1CCN(c2oc(-c3ccco3)nc2C#N)CC1. The molecule has 4 rings (SSSR count). The summed E-state index contributed by atoms with van der Waals surface area (Å²) >= 11 is 0. The van der Waals surface area contributed by atoms with Gasteiger partial charge in [-0.2, -0.15) is 10.2 Å². The molecule has 1 amide bonds. The zero-order chi connectivity index (χ0) is 22.0. The lowest BCUT2D eigenvalue weighted by molar-refractivity contribution is -0.120. The van der Waals surface area contributed by atoms with Crippen LogP contribution < -0.4 is 10.2 Å². The molecule has 3 aromatic rings. The number of oxazole rings is 1. The number of halogens is 2. The number of carbonyl (C=O) groups excluding carboxylic acids is 1. The van der Waals surface area contributed by atoms with Gasteiger partial charge in [0.15, 0.2) is 5.76 Å². The molecule has 2 aromatic heterocycles. The van der Waals surface area contributed by atoms with Crippen LogP contribution in [-0.4, -0.2) is 48.0 Å². The van der Waals surface area contributed by atoms with Crippen LogP contribution in [0.3, 0.4) is 0 Å². The summed E-state index contributed by atoms with van der Waals surface area (Å²) in [7, 11) is 0. The highest BCUT2D eigenvalue weighted by molar-refractivity contribution is 5.94. The van der Waals surface area contributed by atoms with Gasteiger partial charge in [-0.05, 0) is 31.2 Å². The van der Waals surface area contributed by atoms with Crippen molar-refractivity contribution in [1.29, 1.82) is 5.26 Å². The third-order valence-electron chi connectivity index (χ3n) is 5.16. The van der Waals surface area contributed by atoms with Crippen LogP contribution in [0.5, 0.6) is 0 Å². The van der Waals surface area contributed by atoms with Crippen LogP contribution in [0.15, 0.2) is 45.4 Å². The first-order chi connectivity index (χ1) is 15.0. The summed E-state index contributed by atoms with van der Waals surface area (Å²) in [5, 5.41) is 11.8. The summed E-state index contributed by atoms with van der Waals surface area (Å²) in [6.45, 7) is 3.69. The minimum atomic E-state index is -0.700. The van der Waals surface area contributed by atoms with E-state index in [2.05, 4.69) is 10.3 Å². The highest BCUT2D eigenvalue weighted by Crippen LogP contribution is 2.29. The number of rotatable bonds is 5. The lowest BCUT2D eigenvalue weighted by atomic mass is 10.2. The molecule has 1 aliphatic rings. The number of furan rings is 1. The van der Waals surface area contributed by atoms with Gasteiger partial charge in [0.25, 0.3) is 5.89 Å². The molecule has 31 heavy (non-hydrogen) atoms. The predicted octanol–water partition coefficient (Wildman–Crippen LogP) is 3.23. The lowest BCUT2D eigenvalue weighted by Gasteiger charge is -2.37. The van der Waals surface area contributed by atoms with Crippen molar-refractivity contribution in [2.75, 3.05) is 36.4 Å². The van der Waals surface area contributed by atoms with Gasteiger partial charge < -0.3 is 19.1 Å². The molecule has 1 atom stereocenters. The van der Waals surface area contributed by atoms with E-state index in [9.17, 15) is 18.8 Å². The predicted molar refractivity (Wildman–Crippen MR) is 107 cm³/mol. The number of nitriles is 1. The van der Waals surface area contributed by atoms with Crippen LogP contribution in [0, 0.1) is 23.0 Å². The molecule has 1 aromatic carbocycles. The number of carbonyl (C=O) groups is 1. The van der Waals surface area contributed by atoms with Crippen molar-refractivity contribution in [2.24, 2.45) is 0 Å². The molecule has 0 spiro atoms. The Morgan fingerprint density at radius 1 is 1.26 bits per heavy atom. The Kier molecular flexibility index (Phi) is 5.68. The number of amides is 1. The molecule has 10 heteroatoms. The van der Waals surface area contributed by atoms with Crippen molar-refractivity contribution >= 4 is 17.5 Å². The Morgan fingerprint density at radius 3 is 2.71 bits per heavy atom. The first-order valence-corrected chi connectivity index (χ1v) is 9.66. The highest BCUT2D eigenvalue weighted by atomic mass is 19.1. The van der Waals surface area contributed by atoms with Crippen LogP contribution in [0.2, 0.25) is 0 Å². The Balaban J connectivity index is 1.40. The second-order valence-corrected chi connectivity index (χ2v) is 7.07. The van der Waals surface area contributed by atoms with Gasteiger partial charge in [-0.3, -0.25) is 9.69 Å². The van der Waals surface area contributed by atoms with Gasteiger partial charge in [0.2, 0.25) is 17.5 Å². The topological polar surface area (TPSA) is 98.5 Å². The fourth-order valence-corrected chi connectivity index (χ4v) is 3.41. The number of aromatic nitrogens is 1. The van der Waals surface area contributed by atoms with E-state index in [0.717, 1.165) is 18.2 Å². The molecule has 3 heterocycles. The maximum Gasteiger partial charge on any atom is 0.266 e. The summed E-state index contributed by atoms with van der Waals surface area (Å²) in [5.74, 6) is -0.760. The summed E-state index contributed by atoms with van der Waals surface area (Å²) < 4.78 is 38.2. The molecule has 0 radical (unpaired) electrons. The maximum absolute atomic E-state index is 13.8. The number of piperazine rings is 1. The molecule has 1 N–H and O–H groups in total. The molecule has 160 valence electrons. The van der Waals surface area contributed by atoms with E-state index in [4.69, 9.17) is 8.83 Å². The monoisotopic (exact) mass is 427 g/mol. The van der Waals surface area contributed by atoms with Crippen molar-refractivity contribution < 1.29 is 22.4 Å². The van der Waals surface area contributed by atoms with E-state index < -0.39 is 23.6 Å². The Bertz CT molecular complexity index is 1110. The first-order valence-electron chi connectivity index (χ1n) is 9.66.